The molecule has 1 N–H and O–H groups in total. The Kier molecular flexibility index (Phi) is 8.99. The number of allylic oxidation sites excluding steroid dienone is 7. The molecular formula is C22H34O2. The lowest BCUT2D eigenvalue weighted by Gasteiger charge is -2.27. The highest BCUT2D eigenvalue weighted by Crippen LogP contribution is 2.27. The third-order valence-electron chi connectivity index (χ3n) is 4.85. The maximum absolute atomic E-state index is 11.7. The van der Waals surface area contributed by atoms with E-state index in [4.69, 9.17) is 0 Å². The van der Waals surface area contributed by atoms with Gasteiger partial charge in [0.25, 0.3) is 0 Å². The van der Waals surface area contributed by atoms with Crippen molar-refractivity contribution in [1.82, 2.24) is 0 Å². The van der Waals surface area contributed by atoms with Crippen LogP contribution in [0.5, 0.6) is 0 Å². The maximum Gasteiger partial charge on any atom is 0.158 e. The second-order valence-electron chi connectivity index (χ2n) is 7.40. The van der Waals surface area contributed by atoms with Crippen molar-refractivity contribution >= 4 is 5.78 Å². The lowest BCUT2D eigenvalue weighted by atomic mass is 9.79. The third-order valence-corrected chi connectivity index (χ3v) is 4.85. The Morgan fingerprint density at radius 2 is 1.62 bits per heavy atom. The summed E-state index contributed by atoms with van der Waals surface area (Å²) in [5.74, 6) is 0.0522. The van der Waals surface area contributed by atoms with Crippen LogP contribution in [-0.4, -0.2) is 17.0 Å². The van der Waals surface area contributed by atoms with Gasteiger partial charge in [-0.3, -0.25) is 4.79 Å². The smallest absolute Gasteiger partial charge is 0.158 e. The summed E-state index contributed by atoms with van der Waals surface area (Å²) in [6.07, 6.45) is 14.6. The Bertz CT molecular complexity index is 530. The van der Waals surface area contributed by atoms with Crippen LogP contribution in [0.1, 0.15) is 66.7 Å². The van der Waals surface area contributed by atoms with Crippen LogP contribution in [0, 0.1) is 11.8 Å². The predicted molar refractivity (Wildman–Crippen MR) is 103 cm³/mol. The van der Waals surface area contributed by atoms with Gasteiger partial charge in [-0.25, -0.2) is 0 Å². The average molecular weight is 331 g/mol. The number of ketones is 1. The van der Waals surface area contributed by atoms with E-state index in [1.54, 1.807) is 6.08 Å². The van der Waals surface area contributed by atoms with Gasteiger partial charge in [-0.1, -0.05) is 47.9 Å². The fraction of sp³-hybridized carbons (Fsp3) is 0.591. The molecule has 1 aliphatic rings. The van der Waals surface area contributed by atoms with Crippen molar-refractivity contribution in [1.29, 1.82) is 0 Å². The molecule has 0 spiro atoms. The van der Waals surface area contributed by atoms with Crippen LogP contribution in [0.25, 0.3) is 0 Å². The lowest BCUT2D eigenvalue weighted by molar-refractivity contribution is -0.121. The first-order valence-electron chi connectivity index (χ1n) is 9.16. The van der Waals surface area contributed by atoms with Crippen molar-refractivity contribution in [3.63, 3.8) is 0 Å². The summed E-state index contributed by atoms with van der Waals surface area (Å²) in [6.45, 7) is 10.5. The molecule has 0 heterocycles. The highest BCUT2D eigenvalue weighted by atomic mass is 16.3. The second-order valence-corrected chi connectivity index (χ2v) is 7.40. The van der Waals surface area contributed by atoms with E-state index in [9.17, 15) is 9.90 Å². The fourth-order valence-corrected chi connectivity index (χ4v) is 3.01. The number of hydrogen-bond donors (Lipinski definition) is 1. The molecule has 134 valence electrons. The van der Waals surface area contributed by atoms with E-state index in [0.29, 0.717) is 0 Å². The minimum absolute atomic E-state index is 0.0128. The largest absolute Gasteiger partial charge is 0.389 e. The van der Waals surface area contributed by atoms with E-state index in [1.165, 1.54) is 22.8 Å². The Hall–Kier alpha value is -1.41. The average Bonchev–Trinajstić information content (AvgIpc) is 2.50. The molecule has 0 fully saturated rings. The summed E-state index contributed by atoms with van der Waals surface area (Å²) < 4.78 is 0. The van der Waals surface area contributed by atoms with Gasteiger partial charge in [0.15, 0.2) is 5.78 Å². The zero-order valence-electron chi connectivity index (χ0n) is 16.0. The van der Waals surface area contributed by atoms with Crippen LogP contribution >= 0.6 is 0 Å². The van der Waals surface area contributed by atoms with Gasteiger partial charge in [0.1, 0.15) is 0 Å². The van der Waals surface area contributed by atoms with E-state index in [0.717, 1.165) is 32.1 Å². The summed E-state index contributed by atoms with van der Waals surface area (Å²) in [5, 5.41) is 10.1. The Balaban J connectivity index is 2.40. The van der Waals surface area contributed by atoms with Crippen molar-refractivity contribution in [2.75, 3.05) is 0 Å². The first-order valence-corrected chi connectivity index (χ1v) is 9.16. The molecule has 0 aromatic heterocycles. The quantitative estimate of drug-likeness (QED) is 0.593. The monoisotopic (exact) mass is 330 g/mol. The lowest BCUT2D eigenvalue weighted by Crippen LogP contribution is -2.32. The van der Waals surface area contributed by atoms with Gasteiger partial charge < -0.3 is 5.11 Å². The van der Waals surface area contributed by atoms with Gasteiger partial charge in [0.05, 0.1) is 6.10 Å². The van der Waals surface area contributed by atoms with Crippen LogP contribution in [0.2, 0.25) is 0 Å². The van der Waals surface area contributed by atoms with Gasteiger partial charge in [0, 0.05) is 11.8 Å². The van der Waals surface area contributed by atoms with E-state index < -0.39 is 6.10 Å². The summed E-state index contributed by atoms with van der Waals surface area (Å²) >= 11 is 0. The molecule has 0 saturated carbocycles. The number of rotatable bonds is 8. The fourth-order valence-electron chi connectivity index (χ4n) is 3.01. The third kappa shape index (κ3) is 7.44. The molecular weight excluding hydrogens is 296 g/mol. The minimum atomic E-state index is -0.501. The zero-order valence-corrected chi connectivity index (χ0v) is 16.0. The zero-order chi connectivity index (χ0) is 18.1. The molecule has 0 aromatic carbocycles. The highest BCUT2D eigenvalue weighted by molar-refractivity contribution is 5.92. The molecule has 0 amide bonds. The number of aliphatic hydroxyl groups excluding tert-OH is 1. The molecule has 3 atom stereocenters. The Morgan fingerprint density at radius 1 is 1.04 bits per heavy atom. The molecule has 2 nitrogen and oxygen atoms in total. The van der Waals surface area contributed by atoms with E-state index in [-0.39, 0.29) is 17.6 Å². The molecule has 0 radical (unpaired) electrons. The van der Waals surface area contributed by atoms with Gasteiger partial charge in [-0.05, 0) is 65.9 Å². The van der Waals surface area contributed by atoms with E-state index in [1.807, 2.05) is 6.92 Å². The highest BCUT2D eigenvalue weighted by Gasteiger charge is 2.30. The standard InChI is InChI=1S/C22H34O2/c1-16(2)8-6-9-17(3)10-7-11-18(4)12-13-20-19(5)21(23)14-15-22(20)24/h8,10,12,14-15,19-20,22,24H,6-7,9,11,13H2,1-5H3/b17-10+,18-12+/t19?,20-,22?/m0/s1. The molecule has 1 rings (SSSR count). The van der Waals surface area contributed by atoms with Crippen molar-refractivity contribution in [2.24, 2.45) is 11.8 Å². The van der Waals surface area contributed by atoms with Crippen molar-refractivity contribution in [2.45, 2.75) is 72.8 Å². The van der Waals surface area contributed by atoms with Crippen molar-refractivity contribution < 1.29 is 9.90 Å². The van der Waals surface area contributed by atoms with Crippen LogP contribution in [0.3, 0.4) is 0 Å². The summed E-state index contributed by atoms with van der Waals surface area (Å²) in [6, 6.07) is 0. The molecule has 2 heteroatoms. The van der Waals surface area contributed by atoms with Gasteiger partial charge >= 0.3 is 0 Å². The first kappa shape index (κ1) is 20.6. The summed E-state index contributed by atoms with van der Waals surface area (Å²) in [5.41, 5.74) is 4.17. The van der Waals surface area contributed by atoms with Crippen LogP contribution in [0.4, 0.5) is 0 Å². The predicted octanol–water partition coefficient (Wildman–Crippen LogP) is 5.55. The van der Waals surface area contributed by atoms with Crippen LogP contribution < -0.4 is 0 Å². The molecule has 2 unspecified atom stereocenters. The van der Waals surface area contributed by atoms with Gasteiger partial charge in [0.2, 0.25) is 0 Å². The summed E-state index contributed by atoms with van der Waals surface area (Å²) in [7, 11) is 0. The maximum atomic E-state index is 11.7. The number of carbonyl (C=O) groups is 1. The first-order chi connectivity index (χ1) is 11.3. The van der Waals surface area contributed by atoms with Crippen LogP contribution in [-0.2, 0) is 4.79 Å². The second kappa shape index (κ2) is 10.5. The normalized spacial score (nSPS) is 25.1. The molecule has 24 heavy (non-hydrogen) atoms. The molecule has 1 aliphatic carbocycles. The Labute approximate surface area is 148 Å². The topological polar surface area (TPSA) is 37.3 Å². The summed E-state index contributed by atoms with van der Waals surface area (Å²) in [4.78, 5) is 11.7. The van der Waals surface area contributed by atoms with E-state index in [2.05, 4.69) is 45.9 Å². The van der Waals surface area contributed by atoms with Crippen LogP contribution in [0.15, 0.2) is 47.1 Å². The SMILES string of the molecule is CC(C)=CCC/C(C)=C/CC/C(C)=C/C[C@@H]1C(O)C=CC(=O)C1C. The molecule has 0 aromatic rings. The van der Waals surface area contributed by atoms with E-state index >= 15 is 0 Å². The van der Waals surface area contributed by atoms with Crippen molar-refractivity contribution in [3.8, 4) is 0 Å². The number of hydrogen-bond acceptors (Lipinski definition) is 2. The van der Waals surface area contributed by atoms with Gasteiger partial charge in [-0.2, -0.15) is 0 Å². The minimum Gasteiger partial charge on any atom is -0.389 e. The molecule has 0 bridgehead atoms. The Morgan fingerprint density at radius 3 is 2.25 bits per heavy atom. The number of carbonyl (C=O) groups excluding carboxylic acids is 1. The molecule has 0 saturated heterocycles. The van der Waals surface area contributed by atoms with Gasteiger partial charge in [-0.15, -0.1) is 0 Å². The molecule has 0 aliphatic heterocycles. The van der Waals surface area contributed by atoms with Crippen molar-refractivity contribution in [3.05, 3.63) is 47.1 Å². The number of aliphatic hydroxyl groups is 1.